The molecule has 2 N–H and O–H groups in total. The van der Waals surface area contributed by atoms with Gasteiger partial charge in [0.1, 0.15) is 10.1 Å². The van der Waals surface area contributed by atoms with Crippen molar-refractivity contribution in [3.05, 3.63) is 24.3 Å². The molecule has 0 amide bonds. The number of hydrogen-bond acceptors (Lipinski definition) is 5. The van der Waals surface area contributed by atoms with Gasteiger partial charge in [-0.05, 0) is 18.6 Å². The van der Waals surface area contributed by atoms with Crippen LogP contribution in [0, 0.1) is 0 Å². The van der Waals surface area contributed by atoms with Crippen molar-refractivity contribution >= 4 is 21.5 Å². The van der Waals surface area contributed by atoms with Gasteiger partial charge in [0.25, 0.3) is 0 Å². The van der Waals surface area contributed by atoms with Gasteiger partial charge in [0.2, 0.25) is 4.99 Å². The Bertz CT molecular complexity index is 568. The summed E-state index contributed by atoms with van der Waals surface area (Å²) in [6.45, 7) is 2.18. The molecule has 1 heterocycles. The Morgan fingerprint density at radius 1 is 0.957 bits per heavy atom. The zero-order valence-electron chi connectivity index (χ0n) is 14.1. The second-order valence-corrected chi connectivity index (χ2v) is 7.55. The summed E-state index contributed by atoms with van der Waals surface area (Å²) in [5.74, 6) is 0. The first-order valence-corrected chi connectivity index (χ1v) is 9.50. The van der Waals surface area contributed by atoms with E-state index < -0.39 is 15.1 Å². The number of hydrogen-bond donors (Lipinski definition) is 2. The van der Waals surface area contributed by atoms with Gasteiger partial charge >= 0.3 is 29.6 Å². The fraction of sp³-hybridized carbons (Fsp3) is 0.625. The van der Waals surface area contributed by atoms with Crippen LogP contribution in [0.4, 0.5) is 11.4 Å². The Balaban J connectivity index is 0.00000264. The third kappa shape index (κ3) is 5.36. The molecule has 0 radical (unpaired) electrons. The minimum absolute atomic E-state index is 0. The first kappa shape index (κ1) is 20.8. The zero-order valence-corrected chi connectivity index (χ0v) is 16.9. The average Bonchev–Trinajstić information content (AvgIpc) is 2.86. The van der Waals surface area contributed by atoms with Crippen LogP contribution in [0.25, 0.3) is 0 Å². The van der Waals surface area contributed by atoms with Crippen LogP contribution in [0.15, 0.2) is 24.3 Å². The van der Waals surface area contributed by atoms with Gasteiger partial charge in [-0.1, -0.05) is 57.6 Å². The number of rotatable bonds is 9. The van der Waals surface area contributed by atoms with E-state index in [1.54, 1.807) is 12.1 Å². The number of nitrogens with one attached hydrogen (secondary N) is 2. The van der Waals surface area contributed by atoms with Crippen LogP contribution in [0.5, 0.6) is 0 Å². The topological polar surface area (TPSA) is 81.3 Å². The van der Waals surface area contributed by atoms with Gasteiger partial charge in [-0.15, -0.1) is 0 Å². The predicted molar refractivity (Wildman–Crippen MR) is 88.7 cm³/mol. The summed E-state index contributed by atoms with van der Waals surface area (Å²) in [6, 6.07) is 7.18. The Morgan fingerprint density at radius 3 is 1.91 bits per heavy atom. The van der Waals surface area contributed by atoms with Gasteiger partial charge in [-0.25, -0.2) is 8.42 Å². The van der Waals surface area contributed by atoms with Crippen molar-refractivity contribution < 1.29 is 42.5 Å². The van der Waals surface area contributed by atoms with E-state index in [1.807, 2.05) is 12.1 Å². The quantitative estimate of drug-likeness (QED) is 0.393. The molecule has 0 fully saturated rings. The zero-order chi connectivity index (χ0) is 16.1. The number of para-hydroxylation sites is 2. The smallest absolute Gasteiger partial charge is 0.745 e. The third-order valence-electron chi connectivity index (χ3n) is 4.16. The Morgan fingerprint density at radius 2 is 1.43 bits per heavy atom. The van der Waals surface area contributed by atoms with Crippen LogP contribution < -0.4 is 40.2 Å². The monoisotopic (exact) mass is 348 g/mol. The van der Waals surface area contributed by atoms with Crippen molar-refractivity contribution in [2.75, 3.05) is 10.6 Å². The van der Waals surface area contributed by atoms with E-state index in [-0.39, 0.29) is 36.0 Å². The van der Waals surface area contributed by atoms with Crippen molar-refractivity contribution in [2.24, 2.45) is 0 Å². The van der Waals surface area contributed by atoms with Crippen LogP contribution in [-0.4, -0.2) is 18.0 Å². The minimum atomic E-state index is -4.51. The van der Waals surface area contributed by atoms with Crippen LogP contribution >= 0.6 is 0 Å². The maximum Gasteiger partial charge on any atom is 1.00 e. The van der Waals surface area contributed by atoms with Gasteiger partial charge in [0.05, 0.1) is 11.4 Å². The van der Waals surface area contributed by atoms with Crippen LogP contribution in [0.1, 0.15) is 58.3 Å². The Labute approximate surface area is 161 Å². The minimum Gasteiger partial charge on any atom is -0.745 e. The predicted octanol–water partition coefficient (Wildman–Crippen LogP) is 0.868. The fourth-order valence-corrected chi connectivity index (χ4v) is 3.74. The van der Waals surface area contributed by atoms with Crippen LogP contribution in [0.2, 0.25) is 0 Å². The van der Waals surface area contributed by atoms with E-state index in [9.17, 15) is 13.0 Å². The van der Waals surface area contributed by atoms with Gasteiger partial charge in [-0.3, -0.25) is 0 Å². The van der Waals surface area contributed by atoms with E-state index in [1.165, 1.54) is 25.7 Å². The molecular formula is C16H25N2NaO3S. The molecule has 1 aliphatic heterocycles. The molecule has 7 heteroatoms. The summed E-state index contributed by atoms with van der Waals surface area (Å²) >= 11 is 0. The van der Waals surface area contributed by atoms with Crippen LogP contribution in [0.3, 0.4) is 0 Å². The summed E-state index contributed by atoms with van der Waals surface area (Å²) in [7, 11) is -4.51. The molecule has 0 aromatic heterocycles. The molecule has 0 saturated carbocycles. The second-order valence-electron chi connectivity index (χ2n) is 5.95. The second kappa shape index (κ2) is 9.28. The van der Waals surface area contributed by atoms with Crippen LogP contribution in [-0.2, 0) is 10.1 Å². The number of anilines is 2. The largest absolute Gasteiger partial charge is 1.00 e. The summed E-state index contributed by atoms with van der Waals surface area (Å²) in [5.41, 5.74) is 1.34. The average molecular weight is 348 g/mol. The number of fused-ring (bicyclic) bond motifs is 1. The molecule has 2 rings (SSSR count). The van der Waals surface area contributed by atoms with Crippen molar-refractivity contribution in [2.45, 2.75) is 63.3 Å². The first-order valence-electron chi connectivity index (χ1n) is 8.09. The standard InChI is InChI=1S/C16H26N2O3S.Na/c1-2-3-4-5-6-7-10-13-16(22(19,20)21)17-14-11-8-9-12-15(14)18-16;/h8-9,11-12,17-18H,2-7,10,13H2,1H3,(H,19,20,21);/q;+1/p-1. The molecule has 124 valence electrons. The summed E-state index contributed by atoms with van der Waals surface area (Å²) in [6.07, 6.45) is 7.88. The molecule has 0 unspecified atom stereocenters. The van der Waals surface area contributed by atoms with Gasteiger partial charge in [-0.2, -0.15) is 0 Å². The Hall–Kier alpha value is -0.270. The van der Waals surface area contributed by atoms with Gasteiger partial charge in [0.15, 0.2) is 0 Å². The molecule has 1 aliphatic rings. The summed E-state index contributed by atoms with van der Waals surface area (Å²) in [4.78, 5) is -1.60. The molecule has 0 aliphatic carbocycles. The SMILES string of the molecule is CCCCCCCCCC1(S(=O)(=O)[O-])Nc2ccccc2N1.[Na+]. The fourth-order valence-electron chi connectivity index (χ4n) is 2.87. The van der Waals surface area contributed by atoms with Gasteiger partial charge < -0.3 is 15.2 Å². The van der Waals surface area contributed by atoms with E-state index in [0.717, 1.165) is 12.8 Å². The van der Waals surface area contributed by atoms with Crippen molar-refractivity contribution in [3.63, 3.8) is 0 Å². The number of benzene rings is 1. The molecule has 5 nitrogen and oxygen atoms in total. The normalized spacial score (nSPS) is 15.2. The molecule has 0 atom stereocenters. The number of unbranched alkanes of at least 4 members (excludes halogenated alkanes) is 6. The maximum absolute atomic E-state index is 11.7. The van der Waals surface area contributed by atoms with Crippen molar-refractivity contribution in [1.82, 2.24) is 0 Å². The first-order chi connectivity index (χ1) is 10.5. The van der Waals surface area contributed by atoms with E-state index >= 15 is 0 Å². The molecule has 0 saturated heterocycles. The summed E-state index contributed by atoms with van der Waals surface area (Å²) < 4.78 is 35.2. The van der Waals surface area contributed by atoms with Crippen molar-refractivity contribution in [1.29, 1.82) is 0 Å². The molecule has 1 aromatic rings. The maximum atomic E-state index is 11.7. The van der Waals surface area contributed by atoms with Crippen molar-refractivity contribution in [3.8, 4) is 0 Å². The van der Waals surface area contributed by atoms with Gasteiger partial charge in [0, 0.05) is 6.42 Å². The van der Waals surface area contributed by atoms with E-state index in [2.05, 4.69) is 17.6 Å². The van der Waals surface area contributed by atoms with E-state index in [0.29, 0.717) is 17.8 Å². The molecular weight excluding hydrogens is 323 g/mol. The third-order valence-corrected chi connectivity index (χ3v) is 5.42. The Kier molecular flexibility index (Phi) is 8.38. The molecule has 1 aromatic carbocycles. The summed E-state index contributed by atoms with van der Waals surface area (Å²) in [5, 5.41) is 5.78. The van der Waals surface area contributed by atoms with E-state index in [4.69, 9.17) is 0 Å². The molecule has 23 heavy (non-hydrogen) atoms. The molecule has 0 spiro atoms. The molecule has 0 bridgehead atoms.